The lowest BCUT2D eigenvalue weighted by molar-refractivity contribution is 0.556. The number of fused-ring (bicyclic) bond motifs is 1. The number of rotatable bonds is 5. The van der Waals surface area contributed by atoms with Crippen molar-refractivity contribution in [1.82, 2.24) is 10.2 Å². The molecule has 3 N–H and O–H groups in total. The smallest absolute Gasteiger partial charge is 0.148 e. The Bertz CT molecular complexity index is 962. The maximum atomic E-state index is 4.38. The molecule has 2 aromatic carbocycles. The van der Waals surface area contributed by atoms with Crippen molar-refractivity contribution in [1.29, 1.82) is 0 Å². The predicted octanol–water partition coefficient (Wildman–Crippen LogP) is 4.84. The van der Waals surface area contributed by atoms with Crippen LogP contribution in [0.1, 0.15) is 19.4 Å². The van der Waals surface area contributed by atoms with E-state index in [1.165, 1.54) is 5.56 Å². The van der Waals surface area contributed by atoms with Gasteiger partial charge in [0.1, 0.15) is 11.6 Å². The molecule has 0 radical (unpaired) electrons. The first kappa shape index (κ1) is 17.1. The van der Waals surface area contributed by atoms with Gasteiger partial charge >= 0.3 is 0 Å². The Hall–Kier alpha value is -3.34. The Balaban J connectivity index is 1.45. The summed E-state index contributed by atoms with van der Waals surface area (Å²) in [6.07, 6.45) is 0. The molecule has 0 atom stereocenters. The van der Waals surface area contributed by atoms with Crippen LogP contribution in [0.25, 0.3) is 11.3 Å². The second-order valence-electron chi connectivity index (χ2n) is 7.40. The summed E-state index contributed by atoms with van der Waals surface area (Å²) in [4.78, 5) is 0. The van der Waals surface area contributed by atoms with E-state index in [9.17, 15) is 0 Å². The van der Waals surface area contributed by atoms with Crippen LogP contribution in [0.2, 0.25) is 0 Å². The van der Waals surface area contributed by atoms with E-state index in [2.05, 4.69) is 76.9 Å². The van der Waals surface area contributed by atoms with E-state index in [4.69, 9.17) is 0 Å². The van der Waals surface area contributed by atoms with Crippen molar-refractivity contribution in [3.63, 3.8) is 0 Å². The van der Waals surface area contributed by atoms with Gasteiger partial charge < -0.3 is 16.0 Å². The summed E-state index contributed by atoms with van der Waals surface area (Å²) in [6.45, 7) is 9.10. The van der Waals surface area contributed by atoms with Crippen LogP contribution < -0.4 is 16.0 Å². The molecule has 5 nitrogen and oxygen atoms in total. The van der Waals surface area contributed by atoms with E-state index in [1.54, 1.807) is 0 Å². The van der Waals surface area contributed by atoms with Crippen molar-refractivity contribution >= 4 is 17.2 Å². The second-order valence-corrected chi connectivity index (χ2v) is 7.40. The van der Waals surface area contributed by atoms with Crippen molar-refractivity contribution in [3.8, 4) is 11.3 Å². The molecule has 2 heterocycles. The Morgan fingerprint density at radius 1 is 0.926 bits per heavy atom. The lowest BCUT2D eigenvalue weighted by Gasteiger charge is -2.25. The monoisotopic (exact) mass is 357 g/mol. The molecule has 136 valence electrons. The molecule has 0 unspecified atom stereocenters. The number of hydrogen-bond acceptors (Lipinski definition) is 5. The fraction of sp³-hybridized carbons (Fsp3) is 0.182. The topological polar surface area (TPSA) is 61.9 Å². The van der Waals surface area contributed by atoms with Gasteiger partial charge in [-0.3, -0.25) is 0 Å². The Morgan fingerprint density at radius 3 is 2.44 bits per heavy atom. The first-order chi connectivity index (χ1) is 13.0. The zero-order valence-corrected chi connectivity index (χ0v) is 15.6. The standard InChI is InChI=1S/C22H23N5/c1-15-24-19-10-9-16(13-20(19)25-15)18-11-12-21(27-26-18)23-14-22(2,3)17-7-5-4-6-8-17/h4-13,24-25H,1,14H2,2-3H3,(H,23,27). The number of hydrogen-bond donors (Lipinski definition) is 3. The van der Waals surface area contributed by atoms with Gasteiger partial charge in [0.2, 0.25) is 0 Å². The summed E-state index contributed by atoms with van der Waals surface area (Å²) < 4.78 is 0. The average molecular weight is 357 g/mol. The number of benzene rings is 2. The third kappa shape index (κ3) is 3.62. The Labute approximate surface area is 159 Å². The zero-order chi connectivity index (χ0) is 18.9. The lowest BCUT2D eigenvalue weighted by Crippen LogP contribution is -2.27. The van der Waals surface area contributed by atoms with Gasteiger partial charge in [0.05, 0.1) is 17.1 Å². The lowest BCUT2D eigenvalue weighted by atomic mass is 9.85. The molecular weight excluding hydrogens is 334 g/mol. The van der Waals surface area contributed by atoms with Crippen LogP contribution in [0.5, 0.6) is 0 Å². The predicted molar refractivity (Wildman–Crippen MR) is 112 cm³/mol. The maximum absolute atomic E-state index is 4.38. The quantitative estimate of drug-likeness (QED) is 0.610. The van der Waals surface area contributed by atoms with Crippen LogP contribution in [0.4, 0.5) is 17.2 Å². The molecule has 3 aromatic rings. The van der Waals surface area contributed by atoms with Crippen LogP contribution in [0, 0.1) is 0 Å². The molecule has 5 heteroatoms. The molecule has 1 aromatic heterocycles. The van der Waals surface area contributed by atoms with E-state index in [-0.39, 0.29) is 5.41 Å². The molecule has 1 aliphatic rings. The number of aromatic nitrogens is 2. The van der Waals surface area contributed by atoms with Gasteiger partial charge in [0.15, 0.2) is 0 Å². The van der Waals surface area contributed by atoms with E-state index in [0.29, 0.717) is 0 Å². The summed E-state index contributed by atoms with van der Waals surface area (Å²) in [5, 5.41) is 18.5. The van der Waals surface area contributed by atoms with Gasteiger partial charge in [-0.1, -0.05) is 56.8 Å². The summed E-state index contributed by atoms with van der Waals surface area (Å²) in [6, 6.07) is 20.6. The van der Waals surface area contributed by atoms with E-state index < -0.39 is 0 Å². The normalized spacial score (nSPS) is 12.9. The van der Waals surface area contributed by atoms with Crippen LogP contribution in [0.15, 0.2) is 73.1 Å². The minimum absolute atomic E-state index is 0.00264. The van der Waals surface area contributed by atoms with E-state index in [0.717, 1.165) is 40.8 Å². The highest BCUT2D eigenvalue weighted by Gasteiger charge is 2.20. The molecule has 0 saturated heterocycles. The van der Waals surface area contributed by atoms with Gasteiger partial charge in [0, 0.05) is 17.5 Å². The Kier molecular flexibility index (Phi) is 4.28. The van der Waals surface area contributed by atoms with Crippen molar-refractivity contribution in [2.75, 3.05) is 22.5 Å². The van der Waals surface area contributed by atoms with Gasteiger partial charge in [-0.05, 0) is 29.8 Å². The molecule has 27 heavy (non-hydrogen) atoms. The van der Waals surface area contributed by atoms with Crippen LogP contribution in [0.3, 0.4) is 0 Å². The molecular formula is C22H23N5. The molecule has 0 spiro atoms. The van der Waals surface area contributed by atoms with Crippen LogP contribution in [-0.2, 0) is 5.41 Å². The fourth-order valence-corrected chi connectivity index (χ4v) is 3.16. The highest BCUT2D eigenvalue weighted by atomic mass is 15.2. The summed E-state index contributed by atoms with van der Waals surface area (Å²) >= 11 is 0. The molecule has 0 aliphatic carbocycles. The Morgan fingerprint density at radius 2 is 1.70 bits per heavy atom. The van der Waals surface area contributed by atoms with Crippen molar-refractivity contribution in [2.45, 2.75) is 19.3 Å². The molecule has 0 fully saturated rings. The molecule has 0 saturated carbocycles. The fourth-order valence-electron chi connectivity index (χ4n) is 3.16. The third-order valence-electron chi connectivity index (χ3n) is 4.82. The molecule has 1 aliphatic heterocycles. The second kappa shape index (κ2) is 6.76. The summed E-state index contributed by atoms with van der Waals surface area (Å²) in [5.41, 5.74) is 5.18. The minimum Gasteiger partial charge on any atom is -0.368 e. The van der Waals surface area contributed by atoms with Crippen LogP contribution in [-0.4, -0.2) is 16.7 Å². The first-order valence-electron chi connectivity index (χ1n) is 9.02. The largest absolute Gasteiger partial charge is 0.368 e. The number of anilines is 3. The highest BCUT2D eigenvalue weighted by molar-refractivity contribution is 5.83. The van der Waals surface area contributed by atoms with Gasteiger partial charge in [-0.2, -0.15) is 0 Å². The molecule has 0 amide bonds. The van der Waals surface area contributed by atoms with Gasteiger partial charge in [0.25, 0.3) is 0 Å². The third-order valence-corrected chi connectivity index (χ3v) is 4.82. The van der Waals surface area contributed by atoms with Crippen molar-refractivity contribution in [3.05, 3.63) is 78.6 Å². The van der Waals surface area contributed by atoms with Gasteiger partial charge in [-0.15, -0.1) is 10.2 Å². The maximum Gasteiger partial charge on any atom is 0.148 e. The zero-order valence-electron chi connectivity index (χ0n) is 15.6. The SMILES string of the molecule is C=C1Nc2ccc(-c3ccc(NCC(C)(C)c4ccccc4)nn3)cc2N1. The number of nitrogens with zero attached hydrogens (tertiary/aromatic N) is 2. The molecule has 4 rings (SSSR count). The molecule has 0 bridgehead atoms. The summed E-state index contributed by atoms with van der Waals surface area (Å²) in [7, 11) is 0. The van der Waals surface area contributed by atoms with Crippen molar-refractivity contribution in [2.24, 2.45) is 0 Å². The van der Waals surface area contributed by atoms with Crippen LogP contribution >= 0.6 is 0 Å². The highest BCUT2D eigenvalue weighted by Crippen LogP contribution is 2.33. The summed E-state index contributed by atoms with van der Waals surface area (Å²) in [5.74, 6) is 1.56. The van der Waals surface area contributed by atoms with E-state index >= 15 is 0 Å². The van der Waals surface area contributed by atoms with Crippen molar-refractivity contribution < 1.29 is 0 Å². The average Bonchev–Trinajstić information content (AvgIpc) is 3.07. The minimum atomic E-state index is 0.00264. The first-order valence-corrected chi connectivity index (χ1v) is 9.02. The number of nitrogens with one attached hydrogen (secondary N) is 3. The van der Waals surface area contributed by atoms with Gasteiger partial charge in [-0.25, -0.2) is 0 Å². The van der Waals surface area contributed by atoms with E-state index in [1.807, 2.05) is 30.3 Å².